The lowest BCUT2D eigenvalue weighted by Crippen LogP contribution is -2.70. The molecule has 0 saturated heterocycles. The van der Waals surface area contributed by atoms with Crippen molar-refractivity contribution in [3.63, 3.8) is 0 Å². The zero-order valence-corrected chi connectivity index (χ0v) is 25.9. The lowest BCUT2D eigenvalue weighted by molar-refractivity contribution is -0.175. The van der Waals surface area contributed by atoms with Crippen LogP contribution in [0, 0.1) is 56.2 Å². The number of nitrogens with zero attached hydrogens (tertiary/aromatic N) is 3. The molecule has 1 spiro atoms. The summed E-state index contributed by atoms with van der Waals surface area (Å²) in [4.78, 5) is 48.6. The molecule has 4 fully saturated rings. The Morgan fingerprint density at radius 3 is 2.24 bits per heavy atom. The number of nitriles is 1. The van der Waals surface area contributed by atoms with Crippen molar-refractivity contribution in [1.29, 1.82) is 5.26 Å². The maximum Gasteiger partial charge on any atom is 0.256 e. The number of carbonyl (C=O) groups excluding carboxylic acids is 3. The highest BCUT2D eigenvalue weighted by Crippen LogP contribution is 2.74. The molecule has 41 heavy (non-hydrogen) atoms. The Kier molecular flexibility index (Phi) is 5.12. The lowest BCUT2D eigenvalue weighted by atomic mass is 9.35. The Balaban J connectivity index is 1.38. The zero-order chi connectivity index (χ0) is 29.6. The minimum atomic E-state index is -0.666. The number of carbonyl (C=O) groups is 3. The molecule has 0 aromatic heterocycles. The van der Waals surface area contributed by atoms with Crippen molar-refractivity contribution in [1.82, 2.24) is 4.90 Å². The third-order valence-corrected chi connectivity index (χ3v) is 14.1. The number of hydrogen-bond acceptors (Lipinski definition) is 5. The maximum absolute atomic E-state index is 14.7. The monoisotopic (exact) mass is 555 g/mol. The van der Waals surface area contributed by atoms with Crippen LogP contribution in [0.25, 0.3) is 0 Å². The molecule has 0 aromatic carbocycles. The van der Waals surface area contributed by atoms with E-state index in [1.807, 2.05) is 37.2 Å². The summed E-state index contributed by atoms with van der Waals surface area (Å²) in [6.45, 7) is 15.5. The first-order valence-corrected chi connectivity index (χ1v) is 15.8. The van der Waals surface area contributed by atoms with E-state index in [1.165, 1.54) is 0 Å². The van der Waals surface area contributed by atoms with Gasteiger partial charge >= 0.3 is 0 Å². The summed E-state index contributed by atoms with van der Waals surface area (Å²) in [6, 6.07) is 2.20. The van der Waals surface area contributed by atoms with Crippen molar-refractivity contribution in [3.05, 3.63) is 23.3 Å². The molecular formula is C35H45N3O3. The van der Waals surface area contributed by atoms with E-state index >= 15 is 0 Å². The quantitative estimate of drug-likeness (QED) is 0.376. The average molecular weight is 556 g/mol. The third kappa shape index (κ3) is 3.09. The molecular weight excluding hydrogens is 510 g/mol. The van der Waals surface area contributed by atoms with Crippen molar-refractivity contribution in [3.8, 4) is 6.07 Å². The van der Waals surface area contributed by atoms with E-state index in [1.54, 1.807) is 0 Å². The van der Waals surface area contributed by atoms with Gasteiger partial charge in [0.05, 0.1) is 17.5 Å². The van der Waals surface area contributed by atoms with Crippen molar-refractivity contribution < 1.29 is 14.4 Å². The number of aliphatic imine (C=N–C) groups is 1. The van der Waals surface area contributed by atoms with E-state index in [4.69, 9.17) is 4.99 Å². The standard InChI is InChI=1S/C35H45N3O3/c1-29(2)10-14-35(38-20-37-34(12-13-34)28(38)41)15-11-33(7)26(22(35)18-29)23(39)16-25-31(5)17-21(19-36)27(40)30(3,4)24(31)8-9-32(25,33)6/h16-17,20,22,24,26H,8-15,18H2,1-7H3/t22-,24+,26+,31+,32-,33-,35+/m1/s1. The summed E-state index contributed by atoms with van der Waals surface area (Å²) in [5.74, 6) is 0.190. The summed E-state index contributed by atoms with van der Waals surface area (Å²) in [5.41, 5.74) is -1.17. The molecule has 6 heteroatoms. The maximum atomic E-state index is 14.7. The Morgan fingerprint density at radius 2 is 1.61 bits per heavy atom. The zero-order valence-electron chi connectivity index (χ0n) is 25.9. The Hall–Kier alpha value is -2.55. The normalized spacial score (nSPS) is 46.5. The summed E-state index contributed by atoms with van der Waals surface area (Å²) in [6.07, 6.45) is 13.8. The minimum Gasteiger partial charge on any atom is -0.295 e. The van der Waals surface area contributed by atoms with Gasteiger partial charge in [0.25, 0.3) is 5.91 Å². The smallest absolute Gasteiger partial charge is 0.256 e. The van der Waals surface area contributed by atoms with E-state index in [0.29, 0.717) is 0 Å². The fourth-order valence-electron chi connectivity index (χ4n) is 11.3. The molecule has 1 heterocycles. The molecule has 0 radical (unpaired) electrons. The molecule has 0 N–H and O–H groups in total. The van der Waals surface area contributed by atoms with Crippen LogP contribution < -0.4 is 0 Å². The van der Waals surface area contributed by atoms with Crippen LogP contribution in [-0.4, -0.2) is 39.8 Å². The Labute approximate surface area is 244 Å². The average Bonchev–Trinajstić information content (AvgIpc) is 3.61. The van der Waals surface area contributed by atoms with E-state index < -0.39 is 16.4 Å². The first-order chi connectivity index (χ1) is 19.0. The highest BCUT2D eigenvalue weighted by atomic mass is 16.2. The second-order valence-corrected chi connectivity index (χ2v) is 16.8. The summed E-state index contributed by atoms with van der Waals surface area (Å²) < 4.78 is 0. The molecule has 0 bridgehead atoms. The number of hydrogen-bond donors (Lipinski definition) is 0. The van der Waals surface area contributed by atoms with Gasteiger partial charge in [-0.2, -0.15) is 5.26 Å². The van der Waals surface area contributed by atoms with Gasteiger partial charge in [-0.1, -0.05) is 60.1 Å². The first-order valence-electron chi connectivity index (χ1n) is 15.8. The number of allylic oxidation sites excluding steroid dienone is 4. The van der Waals surface area contributed by atoms with Crippen molar-refractivity contribution in [2.45, 2.75) is 117 Å². The highest BCUT2D eigenvalue weighted by molar-refractivity contribution is 6.05. The molecule has 0 unspecified atom stereocenters. The van der Waals surface area contributed by atoms with E-state index in [2.05, 4.69) is 40.7 Å². The van der Waals surface area contributed by atoms with Gasteiger partial charge < -0.3 is 0 Å². The van der Waals surface area contributed by atoms with Crippen LogP contribution in [0.1, 0.15) is 106 Å². The SMILES string of the molecule is CC1(C)CC[C@]2(N3C=NC4(CC4)C3=O)CC[C@]3(C)[C@H](C(=O)C=C4[C@@]5(C)C=C(C#N)C(=O)C(C)(C)[C@@H]5CC[C@]43C)[C@H]2C1. The fraction of sp³-hybridized carbons (Fsp3) is 0.743. The topological polar surface area (TPSA) is 90.6 Å². The number of rotatable bonds is 1. The molecule has 0 aromatic rings. The second kappa shape index (κ2) is 7.69. The third-order valence-electron chi connectivity index (χ3n) is 14.1. The van der Waals surface area contributed by atoms with Crippen LogP contribution >= 0.6 is 0 Å². The summed E-state index contributed by atoms with van der Waals surface area (Å²) in [7, 11) is 0. The number of Topliss-reactive ketones (excluding diaryl/α,β-unsaturated/α-hetero) is 1. The molecule has 1 aliphatic heterocycles. The van der Waals surface area contributed by atoms with Crippen molar-refractivity contribution in [2.75, 3.05) is 0 Å². The largest absolute Gasteiger partial charge is 0.295 e. The number of ketones is 2. The lowest BCUT2D eigenvalue weighted by Gasteiger charge is -2.70. The van der Waals surface area contributed by atoms with Gasteiger partial charge in [-0.15, -0.1) is 0 Å². The van der Waals surface area contributed by atoms with Gasteiger partial charge in [0.15, 0.2) is 11.6 Å². The summed E-state index contributed by atoms with van der Waals surface area (Å²) >= 11 is 0. The molecule has 7 rings (SSSR count). The van der Waals surface area contributed by atoms with E-state index in [9.17, 15) is 19.6 Å². The predicted octanol–water partition coefficient (Wildman–Crippen LogP) is 6.36. The molecule has 7 aliphatic rings. The van der Waals surface area contributed by atoms with Gasteiger partial charge in [-0.3, -0.25) is 24.3 Å². The van der Waals surface area contributed by atoms with Crippen LogP contribution in [-0.2, 0) is 14.4 Å². The second-order valence-electron chi connectivity index (χ2n) is 16.8. The van der Waals surface area contributed by atoms with Gasteiger partial charge in [0.1, 0.15) is 11.6 Å². The number of amides is 1. The summed E-state index contributed by atoms with van der Waals surface area (Å²) in [5, 5.41) is 9.95. The molecule has 7 atom stereocenters. The fourth-order valence-corrected chi connectivity index (χ4v) is 11.3. The molecule has 6 nitrogen and oxygen atoms in total. The van der Waals surface area contributed by atoms with Gasteiger partial charge in [0.2, 0.25) is 0 Å². The Bertz CT molecular complexity index is 1440. The minimum absolute atomic E-state index is 0.0383. The van der Waals surface area contributed by atoms with Gasteiger partial charge in [0, 0.05) is 16.7 Å². The van der Waals surface area contributed by atoms with Crippen LogP contribution in [0.4, 0.5) is 0 Å². The van der Waals surface area contributed by atoms with Crippen LogP contribution in [0.15, 0.2) is 28.3 Å². The van der Waals surface area contributed by atoms with Crippen LogP contribution in [0.3, 0.4) is 0 Å². The first kappa shape index (κ1) is 27.3. The van der Waals surface area contributed by atoms with Crippen LogP contribution in [0.5, 0.6) is 0 Å². The molecule has 6 aliphatic carbocycles. The van der Waals surface area contributed by atoms with Gasteiger partial charge in [-0.25, -0.2) is 0 Å². The molecule has 218 valence electrons. The Morgan fingerprint density at radius 1 is 0.927 bits per heavy atom. The highest BCUT2D eigenvalue weighted by Gasteiger charge is 2.72. The molecule has 1 amide bonds. The predicted molar refractivity (Wildman–Crippen MR) is 156 cm³/mol. The number of fused-ring (bicyclic) bond motifs is 7. The van der Waals surface area contributed by atoms with Crippen LogP contribution in [0.2, 0.25) is 0 Å². The molecule has 4 saturated carbocycles. The van der Waals surface area contributed by atoms with E-state index in [-0.39, 0.29) is 62.6 Å². The van der Waals surface area contributed by atoms with Gasteiger partial charge in [-0.05, 0) is 91.9 Å². The van der Waals surface area contributed by atoms with Crippen molar-refractivity contribution >= 4 is 23.8 Å². The van der Waals surface area contributed by atoms with E-state index in [0.717, 1.165) is 63.4 Å². The van der Waals surface area contributed by atoms with Crippen molar-refractivity contribution in [2.24, 2.45) is 49.8 Å².